The molecule has 0 bridgehead atoms. The lowest BCUT2D eigenvalue weighted by Gasteiger charge is -2.02. The van der Waals surface area contributed by atoms with Gasteiger partial charge in [0.25, 0.3) is 6.43 Å². The van der Waals surface area contributed by atoms with Gasteiger partial charge in [0.2, 0.25) is 5.88 Å². The molecule has 14 heavy (non-hydrogen) atoms. The molecule has 2 rings (SSSR count). The Kier molecular flexibility index (Phi) is 1.99. The monoisotopic (exact) mass is 196 g/mol. The third kappa shape index (κ3) is 1.37. The number of hydrogen-bond donors (Lipinski definition) is 1. The minimum atomic E-state index is -2.77. The van der Waals surface area contributed by atoms with E-state index in [1.807, 2.05) is 0 Å². The van der Waals surface area contributed by atoms with Gasteiger partial charge in [-0.1, -0.05) is 12.1 Å². The summed E-state index contributed by atoms with van der Waals surface area (Å²) in [4.78, 5) is 6.91. The molecule has 0 radical (unpaired) electrons. The van der Waals surface area contributed by atoms with Gasteiger partial charge in [-0.3, -0.25) is 0 Å². The number of aromatic nitrogens is 2. The summed E-state index contributed by atoms with van der Waals surface area (Å²) in [6.45, 7) is 0. The van der Waals surface area contributed by atoms with E-state index in [-0.39, 0.29) is 0 Å². The highest BCUT2D eigenvalue weighted by molar-refractivity contribution is 5.82. The first-order valence-electron chi connectivity index (χ1n) is 3.92. The van der Waals surface area contributed by atoms with Crippen LogP contribution in [0.25, 0.3) is 10.9 Å². The zero-order chi connectivity index (χ0) is 10.1. The third-order valence-corrected chi connectivity index (χ3v) is 1.80. The van der Waals surface area contributed by atoms with Crippen LogP contribution in [0.4, 0.5) is 8.78 Å². The summed E-state index contributed by atoms with van der Waals surface area (Å²) in [5, 5.41) is 9.69. The molecule has 2 aromatic rings. The van der Waals surface area contributed by atoms with E-state index in [4.69, 9.17) is 0 Å². The maximum Gasteiger partial charge on any atom is 0.297 e. The summed E-state index contributed by atoms with van der Waals surface area (Å²) < 4.78 is 24.5. The number of hydrogen-bond acceptors (Lipinski definition) is 3. The van der Waals surface area contributed by atoms with Crippen molar-refractivity contribution < 1.29 is 13.9 Å². The molecular formula is C9H6F2N2O. The van der Waals surface area contributed by atoms with Gasteiger partial charge in [-0.05, 0) is 12.1 Å². The summed E-state index contributed by atoms with van der Waals surface area (Å²) in [5.41, 5.74) is 0.315. The van der Waals surface area contributed by atoms with Crippen LogP contribution in [0.2, 0.25) is 0 Å². The number of halogens is 2. The van der Waals surface area contributed by atoms with Gasteiger partial charge in [0.15, 0.2) is 5.82 Å². The molecule has 1 heterocycles. The first kappa shape index (κ1) is 8.80. The number of benzene rings is 1. The molecule has 0 aliphatic heterocycles. The van der Waals surface area contributed by atoms with E-state index in [0.717, 1.165) is 0 Å². The predicted octanol–water partition coefficient (Wildman–Crippen LogP) is 2.27. The number of rotatable bonds is 1. The molecule has 1 aromatic carbocycles. The number of para-hydroxylation sites is 1. The SMILES string of the molecule is Oc1nc(C(F)F)nc2ccccc12. The highest BCUT2D eigenvalue weighted by Crippen LogP contribution is 2.24. The first-order chi connectivity index (χ1) is 6.68. The van der Waals surface area contributed by atoms with Crippen molar-refractivity contribution in [2.24, 2.45) is 0 Å². The molecule has 0 spiro atoms. The highest BCUT2D eigenvalue weighted by Gasteiger charge is 2.13. The summed E-state index contributed by atoms with van der Waals surface area (Å²) in [6, 6.07) is 6.44. The van der Waals surface area contributed by atoms with Crippen molar-refractivity contribution in [3.8, 4) is 5.88 Å². The predicted molar refractivity (Wildman–Crippen MR) is 46.2 cm³/mol. The average Bonchev–Trinajstić information content (AvgIpc) is 2.17. The van der Waals surface area contributed by atoms with Gasteiger partial charge in [-0.2, -0.15) is 4.98 Å². The molecular weight excluding hydrogens is 190 g/mol. The quantitative estimate of drug-likeness (QED) is 0.760. The normalized spacial score (nSPS) is 11.1. The maximum absolute atomic E-state index is 12.2. The lowest BCUT2D eigenvalue weighted by atomic mass is 10.2. The minimum absolute atomic E-state index is 0.315. The molecule has 3 nitrogen and oxygen atoms in total. The van der Waals surface area contributed by atoms with E-state index in [1.165, 1.54) is 0 Å². The lowest BCUT2D eigenvalue weighted by Crippen LogP contribution is -1.95. The summed E-state index contributed by atoms with van der Waals surface area (Å²) in [7, 11) is 0. The van der Waals surface area contributed by atoms with E-state index in [0.29, 0.717) is 10.9 Å². The van der Waals surface area contributed by atoms with Crippen LogP contribution in [0.3, 0.4) is 0 Å². The van der Waals surface area contributed by atoms with Crippen molar-refractivity contribution in [2.45, 2.75) is 6.43 Å². The molecule has 0 amide bonds. The lowest BCUT2D eigenvalue weighted by molar-refractivity contribution is 0.139. The Labute approximate surface area is 78.0 Å². The largest absolute Gasteiger partial charge is 0.493 e. The van der Waals surface area contributed by atoms with E-state index >= 15 is 0 Å². The van der Waals surface area contributed by atoms with Crippen LogP contribution in [0.1, 0.15) is 12.2 Å². The Balaban J connectivity index is 2.72. The Hall–Kier alpha value is -1.78. The molecule has 1 aromatic heterocycles. The van der Waals surface area contributed by atoms with Gasteiger partial charge < -0.3 is 5.11 Å². The second-order valence-electron chi connectivity index (χ2n) is 2.72. The highest BCUT2D eigenvalue weighted by atomic mass is 19.3. The summed E-state index contributed by atoms with van der Waals surface area (Å²) in [5.74, 6) is -1.06. The fourth-order valence-corrected chi connectivity index (χ4v) is 1.17. The fourth-order valence-electron chi connectivity index (χ4n) is 1.17. The molecule has 0 aliphatic rings. The second kappa shape index (κ2) is 3.17. The van der Waals surface area contributed by atoms with Crippen molar-refractivity contribution in [1.29, 1.82) is 0 Å². The number of alkyl halides is 2. The third-order valence-electron chi connectivity index (χ3n) is 1.80. The molecule has 5 heteroatoms. The van der Waals surface area contributed by atoms with Gasteiger partial charge >= 0.3 is 0 Å². The van der Waals surface area contributed by atoms with Gasteiger partial charge in [0.1, 0.15) is 0 Å². The van der Waals surface area contributed by atoms with Crippen LogP contribution in [-0.2, 0) is 0 Å². The second-order valence-corrected chi connectivity index (χ2v) is 2.72. The number of aromatic hydroxyl groups is 1. The topological polar surface area (TPSA) is 46.0 Å². The molecule has 72 valence electrons. The van der Waals surface area contributed by atoms with Crippen LogP contribution in [0.15, 0.2) is 24.3 Å². The number of fused-ring (bicyclic) bond motifs is 1. The first-order valence-corrected chi connectivity index (χ1v) is 3.92. The Bertz CT molecular complexity index is 473. The van der Waals surface area contributed by atoms with Crippen molar-refractivity contribution in [1.82, 2.24) is 9.97 Å². The number of nitrogens with zero attached hydrogens (tertiary/aromatic N) is 2. The Morgan fingerprint density at radius 1 is 1.14 bits per heavy atom. The van der Waals surface area contributed by atoms with Crippen LogP contribution in [-0.4, -0.2) is 15.1 Å². The molecule has 0 unspecified atom stereocenters. The summed E-state index contributed by atoms with van der Waals surface area (Å²) in [6.07, 6.45) is -2.77. The minimum Gasteiger partial charge on any atom is -0.493 e. The smallest absolute Gasteiger partial charge is 0.297 e. The van der Waals surface area contributed by atoms with Crippen LogP contribution in [0, 0.1) is 0 Å². The maximum atomic E-state index is 12.2. The summed E-state index contributed by atoms with van der Waals surface area (Å²) >= 11 is 0. The zero-order valence-electron chi connectivity index (χ0n) is 6.98. The molecule has 0 saturated carbocycles. The molecule has 0 fully saturated rings. The molecule has 0 aliphatic carbocycles. The van der Waals surface area contributed by atoms with Crippen LogP contribution < -0.4 is 0 Å². The van der Waals surface area contributed by atoms with E-state index < -0.39 is 18.1 Å². The standard InChI is InChI=1S/C9H6F2N2O/c10-7(11)8-12-6-4-2-1-3-5(6)9(14)13-8/h1-4,7H,(H,12,13,14). The van der Waals surface area contributed by atoms with E-state index in [2.05, 4.69) is 9.97 Å². The van der Waals surface area contributed by atoms with Crippen molar-refractivity contribution in [3.63, 3.8) is 0 Å². The fraction of sp³-hybridized carbons (Fsp3) is 0.111. The van der Waals surface area contributed by atoms with Gasteiger partial charge in [-0.25, -0.2) is 13.8 Å². The van der Waals surface area contributed by atoms with Gasteiger partial charge in [0.05, 0.1) is 10.9 Å². The van der Waals surface area contributed by atoms with Crippen molar-refractivity contribution in [3.05, 3.63) is 30.1 Å². The van der Waals surface area contributed by atoms with Crippen LogP contribution in [0.5, 0.6) is 5.88 Å². The van der Waals surface area contributed by atoms with Gasteiger partial charge in [0, 0.05) is 0 Å². The Morgan fingerprint density at radius 2 is 1.86 bits per heavy atom. The average molecular weight is 196 g/mol. The van der Waals surface area contributed by atoms with Crippen molar-refractivity contribution in [2.75, 3.05) is 0 Å². The van der Waals surface area contributed by atoms with Gasteiger partial charge in [-0.15, -0.1) is 0 Å². The van der Waals surface area contributed by atoms with E-state index in [1.54, 1.807) is 24.3 Å². The molecule has 0 saturated heterocycles. The van der Waals surface area contributed by atoms with E-state index in [9.17, 15) is 13.9 Å². The van der Waals surface area contributed by atoms with Crippen molar-refractivity contribution >= 4 is 10.9 Å². The zero-order valence-corrected chi connectivity index (χ0v) is 6.98. The molecule has 0 atom stereocenters. The van der Waals surface area contributed by atoms with Crippen LogP contribution >= 0.6 is 0 Å². The Morgan fingerprint density at radius 3 is 2.57 bits per heavy atom. The molecule has 1 N–H and O–H groups in total.